The molecule has 6 nitrogen and oxygen atoms in total. The average molecular weight is 341 g/mol. The van der Waals surface area contributed by atoms with Crippen LogP contribution < -0.4 is 0 Å². The van der Waals surface area contributed by atoms with Gasteiger partial charge in [0.25, 0.3) is 0 Å². The van der Waals surface area contributed by atoms with Crippen LogP contribution in [-0.4, -0.2) is 23.0 Å². The fraction of sp³-hybridized carbons (Fsp3) is 0.118. The minimum absolute atomic E-state index is 0.00128. The predicted octanol–water partition coefficient (Wildman–Crippen LogP) is 3.99. The van der Waals surface area contributed by atoms with Crippen molar-refractivity contribution in [1.29, 1.82) is 0 Å². The van der Waals surface area contributed by atoms with Gasteiger partial charge in [-0.1, -0.05) is 47.6 Å². The van der Waals surface area contributed by atoms with Crippen LogP contribution in [0.1, 0.15) is 5.56 Å². The van der Waals surface area contributed by atoms with Crippen LogP contribution in [0, 0.1) is 0 Å². The standard InChI is InChI=1S/C17H15N3O3S/c1-23-17(21)14(12-24(22)15-8-3-2-4-9-15)11-13-7-5-6-10-16(13)19-20-18/h2-11H,12H2,1H3/b14-11+. The van der Waals surface area contributed by atoms with E-state index in [4.69, 9.17) is 10.3 Å². The third-order valence-electron chi connectivity index (χ3n) is 3.16. The van der Waals surface area contributed by atoms with Gasteiger partial charge in [0, 0.05) is 15.5 Å². The van der Waals surface area contributed by atoms with Gasteiger partial charge in [0.15, 0.2) is 0 Å². The summed E-state index contributed by atoms with van der Waals surface area (Å²) in [6.07, 6.45) is 1.54. The Hall–Kier alpha value is -2.89. The molecular formula is C17H15N3O3S. The summed E-state index contributed by atoms with van der Waals surface area (Å²) in [6.45, 7) is 0. The van der Waals surface area contributed by atoms with Gasteiger partial charge in [0.05, 0.1) is 29.2 Å². The van der Waals surface area contributed by atoms with E-state index >= 15 is 0 Å². The number of hydrogen-bond acceptors (Lipinski definition) is 4. The largest absolute Gasteiger partial charge is 0.466 e. The molecule has 7 heteroatoms. The molecule has 0 aliphatic carbocycles. The van der Waals surface area contributed by atoms with Gasteiger partial charge < -0.3 is 4.74 Å². The highest BCUT2D eigenvalue weighted by Gasteiger charge is 2.15. The monoisotopic (exact) mass is 341 g/mol. The van der Waals surface area contributed by atoms with Crippen LogP contribution in [0.25, 0.3) is 16.5 Å². The van der Waals surface area contributed by atoms with Crippen molar-refractivity contribution < 1.29 is 13.7 Å². The molecule has 0 spiro atoms. The molecule has 0 heterocycles. The lowest BCUT2D eigenvalue weighted by Crippen LogP contribution is -2.12. The number of benzene rings is 2. The SMILES string of the molecule is COC(=O)/C(=C/c1ccccc1N=[N+]=[N-])CS(=O)c1ccccc1. The van der Waals surface area contributed by atoms with Crippen LogP contribution >= 0.6 is 0 Å². The first-order chi connectivity index (χ1) is 11.7. The number of nitrogens with zero attached hydrogens (tertiary/aromatic N) is 3. The van der Waals surface area contributed by atoms with Gasteiger partial charge in [-0.2, -0.15) is 0 Å². The molecule has 0 saturated heterocycles. The van der Waals surface area contributed by atoms with Crippen molar-refractivity contribution in [3.8, 4) is 0 Å². The van der Waals surface area contributed by atoms with Gasteiger partial charge in [-0.05, 0) is 29.3 Å². The van der Waals surface area contributed by atoms with Crippen molar-refractivity contribution in [2.45, 2.75) is 4.90 Å². The Bertz CT molecular complexity index is 828. The van der Waals surface area contributed by atoms with E-state index in [9.17, 15) is 9.00 Å². The van der Waals surface area contributed by atoms with E-state index in [-0.39, 0.29) is 11.3 Å². The summed E-state index contributed by atoms with van der Waals surface area (Å²) in [4.78, 5) is 15.4. The summed E-state index contributed by atoms with van der Waals surface area (Å²) in [5, 5.41) is 3.59. The quantitative estimate of drug-likeness (QED) is 0.261. The number of carbonyl (C=O) groups excluding carboxylic acids is 1. The Morgan fingerprint density at radius 2 is 1.88 bits per heavy atom. The van der Waals surface area contributed by atoms with Crippen molar-refractivity contribution in [2.75, 3.05) is 12.9 Å². The third-order valence-corrected chi connectivity index (χ3v) is 4.53. The highest BCUT2D eigenvalue weighted by Crippen LogP contribution is 2.23. The molecule has 122 valence electrons. The van der Waals surface area contributed by atoms with Crippen molar-refractivity contribution in [2.24, 2.45) is 5.11 Å². The predicted molar refractivity (Wildman–Crippen MR) is 93.0 cm³/mol. The second-order valence-electron chi connectivity index (χ2n) is 4.71. The smallest absolute Gasteiger partial charge is 0.334 e. The summed E-state index contributed by atoms with van der Waals surface area (Å²) in [5.41, 5.74) is 9.80. The van der Waals surface area contributed by atoms with Crippen molar-refractivity contribution in [3.05, 3.63) is 76.2 Å². The van der Waals surface area contributed by atoms with Crippen LogP contribution in [0.5, 0.6) is 0 Å². The van der Waals surface area contributed by atoms with Crippen LogP contribution in [-0.2, 0) is 20.3 Å². The van der Waals surface area contributed by atoms with Crippen molar-refractivity contribution in [1.82, 2.24) is 0 Å². The second kappa shape index (κ2) is 8.67. The Morgan fingerprint density at radius 1 is 1.21 bits per heavy atom. The van der Waals surface area contributed by atoms with E-state index in [2.05, 4.69) is 10.0 Å². The fourth-order valence-corrected chi connectivity index (χ4v) is 3.14. The lowest BCUT2D eigenvalue weighted by molar-refractivity contribution is -0.135. The maximum Gasteiger partial charge on any atom is 0.334 e. The normalized spacial score (nSPS) is 12.1. The van der Waals surface area contributed by atoms with Gasteiger partial charge in [-0.3, -0.25) is 4.21 Å². The first-order valence-electron chi connectivity index (χ1n) is 7.02. The Morgan fingerprint density at radius 3 is 2.54 bits per heavy atom. The van der Waals surface area contributed by atoms with Gasteiger partial charge in [-0.15, -0.1) is 0 Å². The number of ether oxygens (including phenoxy) is 1. The Balaban J connectivity index is 2.37. The van der Waals surface area contributed by atoms with Crippen molar-refractivity contribution >= 4 is 28.5 Å². The van der Waals surface area contributed by atoms with E-state index in [1.807, 2.05) is 6.07 Å². The molecule has 1 unspecified atom stereocenters. The summed E-state index contributed by atoms with van der Waals surface area (Å²) in [7, 11) is -0.127. The third kappa shape index (κ3) is 4.55. The number of carbonyl (C=O) groups is 1. The maximum atomic E-state index is 12.5. The molecule has 0 aliphatic rings. The molecule has 2 aromatic carbocycles. The van der Waals surface area contributed by atoms with E-state index in [1.165, 1.54) is 13.2 Å². The molecule has 0 amide bonds. The lowest BCUT2D eigenvalue weighted by atomic mass is 10.1. The molecule has 1 atom stereocenters. The second-order valence-corrected chi connectivity index (χ2v) is 6.16. The number of esters is 1. The first-order valence-corrected chi connectivity index (χ1v) is 8.34. The average Bonchev–Trinajstić information content (AvgIpc) is 2.63. The summed E-state index contributed by atoms with van der Waals surface area (Å²) >= 11 is 0. The molecule has 0 aliphatic heterocycles. The van der Waals surface area contributed by atoms with Gasteiger partial charge in [0.1, 0.15) is 0 Å². The Kier molecular flexibility index (Phi) is 6.31. The molecule has 0 bridgehead atoms. The van der Waals surface area contributed by atoms with E-state index < -0.39 is 16.8 Å². The number of azide groups is 1. The molecule has 0 fully saturated rings. The molecule has 2 rings (SSSR count). The molecular weight excluding hydrogens is 326 g/mol. The van der Waals surface area contributed by atoms with Crippen LogP contribution in [0.4, 0.5) is 5.69 Å². The van der Waals surface area contributed by atoms with E-state index in [0.29, 0.717) is 16.1 Å². The van der Waals surface area contributed by atoms with Gasteiger partial charge in [0.2, 0.25) is 0 Å². The highest BCUT2D eigenvalue weighted by molar-refractivity contribution is 7.85. The number of hydrogen-bond donors (Lipinski definition) is 0. The minimum Gasteiger partial charge on any atom is -0.466 e. The van der Waals surface area contributed by atoms with Crippen LogP contribution in [0.2, 0.25) is 0 Å². The zero-order valence-electron chi connectivity index (χ0n) is 13.0. The molecule has 2 aromatic rings. The minimum atomic E-state index is -1.39. The maximum absolute atomic E-state index is 12.5. The van der Waals surface area contributed by atoms with Crippen molar-refractivity contribution in [3.63, 3.8) is 0 Å². The molecule has 0 radical (unpaired) electrons. The van der Waals surface area contributed by atoms with Gasteiger partial charge in [-0.25, -0.2) is 4.79 Å². The summed E-state index contributed by atoms with van der Waals surface area (Å²) in [5.74, 6) is -0.573. The number of methoxy groups -OCH3 is 1. The van der Waals surface area contributed by atoms with Crippen LogP contribution in [0.3, 0.4) is 0 Å². The highest BCUT2D eigenvalue weighted by atomic mass is 32.2. The number of rotatable bonds is 6. The van der Waals surface area contributed by atoms with E-state index in [1.54, 1.807) is 48.5 Å². The molecule has 24 heavy (non-hydrogen) atoms. The zero-order valence-corrected chi connectivity index (χ0v) is 13.8. The molecule has 0 N–H and O–H groups in total. The summed E-state index contributed by atoms with van der Waals surface area (Å²) in [6, 6.07) is 15.7. The fourth-order valence-electron chi connectivity index (χ4n) is 2.02. The molecule has 0 aromatic heterocycles. The topological polar surface area (TPSA) is 92.1 Å². The Labute approximate surface area is 141 Å². The summed E-state index contributed by atoms with van der Waals surface area (Å²) < 4.78 is 17.2. The van der Waals surface area contributed by atoms with Crippen LogP contribution in [0.15, 0.2) is 70.2 Å². The molecule has 0 saturated carbocycles. The lowest BCUT2D eigenvalue weighted by Gasteiger charge is -2.07. The van der Waals surface area contributed by atoms with E-state index in [0.717, 1.165) is 0 Å². The van der Waals surface area contributed by atoms with Gasteiger partial charge >= 0.3 is 5.97 Å². The first kappa shape index (κ1) is 17.5. The zero-order chi connectivity index (χ0) is 17.4.